The maximum absolute atomic E-state index is 6.30. The summed E-state index contributed by atoms with van der Waals surface area (Å²) < 4.78 is 6.07. The molecule has 0 radical (unpaired) electrons. The highest BCUT2D eigenvalue weighted by Gasteiger charge is 2.50. The largest absolute Gasteiger partial charge is 0.455 e. The second kappa shape index (κ2) is 6.33. The lowest BCUT2D eigenvalue weighted by Crippen LogP contribution is -2.93. The van der Waals surface area contributed by atoms with E-state index in [0.29, 0.717) is 10.0 Å². The molecule has 4 aliphatic carbocycles. The van der Waals surface area contributed by atoms with E-state index in [1.165, 1.54) is 32.1 Å². The molecule has 4 saturated carbocycles. The second-order valence-corrected chi connectivity index (χ2v) is 9.18. The first kappa shape index (κ1) is 16.2. The molecular weight excluding hydrogens is 353 g/mol. The van der Waals surface area contributed by atoms with Gasteiger partial charge in [-0.1, -0.05) is 23.2 Å². The fraction of sp³-hybridized carbons (Fsp3) is 0.524. The summed E-state index contributed by atoms with van der Waals surface area (Å²) in [6.45, 7) is 0.929. The number of benzene rings is 1. The van der Waals surface area contributed by atoms with Crippen LogP contribution >= 0.6 is 23.2 Å². The van der Waals surface area contributed by atoms with Gasteiger partial charge in [0.15, 0.2) is 5.76 Å². The first-order valence-corrected chi connectivity index (χ1v) is 10.3. The molecule has 25 heavy (non-hydrogen) atoms. The number of furan rings is 1. The molecule has 1 heterocycles. The Morgan fingerprint density at radius 1 is 0.920 bits per heavy atom. The first-order valence-electron chi connectivity index (χ1n) is 9.53. The minimum atomic E-state index is 0.637. The summed E-state index contributed by atoms with van der Waals surface area (Å²) >= 11 is 12.3. The molecule has 2 aromatic rings. The molecule has 0 aliphatic heterocycles. The molecular formula is C21H24Cl2NO+. The Balaban J connectivity index is 1.27. The summed E-state index contributed by atoms with van der Waals surface area (Å²) in [5.74, 6) is 5.82. The van der Waals surface area contributed by atoms with Gasteiger partial charge in [-0.15, -0.1) is 0 Å². The molecule has 0 amide bonds. The van der Waals surface area contributed by atoms with Gasteiger partial charge in [0.2, 0.25) is 0 Å². The molecule has 0 spiro atoms. The zero-order valence-electron chi connectivity index (χ0n) is 14.3. The molecule has 0 atom stereocenters. The highest BCUT2D eigenvalue weighted by atomic mass is 35.5. The van der Waals surface area contributed by atoms with Crippen LogP contribution in [0.4, 0.5) is 0 Å². The minimum Gasteiger partial charge on any atom is -0.455 e. The Morgan fingerprint density at radius 3 is 2.32 bits per heavy atom. The fourth-order valence-electron chi connectivity index (χ4n) is 5.93. The van der Waals surface area contributed by atoms with Gasteiger partial charge in [0, 0.05) is 22.4 Å². The molecule has 0 saturated heterocycles. The van der Waals surface area contributed by atoms with E-state index in [1.54, 1.807) is 6.07 Å². The Hall–Kier alpha value is -0.960. The Labute approximate surface area is 158 Å². The van der Waals surface area contributed by atoms with Crippen molar-refractivity contribution in [1.82, 2.24) is 0 Å². The standard InChI is InChI=1S/C21H23Cl2NO/c22-16-1-3-18(19(23)10-16)20-4-2-17(25-20)11-24-21-14-6-12-5-13(8-14)9-15(21)7-12/h1-4,10,12-15,21,24H,5-9,11H2/p+1. The van der Waals surface area contributed by atoms with Gasteiger partial charge in [-0.2, -0.15) is 0 Å². The number of hydrogen-bond acceptors (Lipinski definition) is 1. The van der Waals surface area contributed by atoms with Crippen molar-refractivity contribution in [3.8, 4) is 11.3 Å². The number of rotatable bonds is 4. The predicted octanol–water partition coefficient (Wildman–Crippen LogP) is 5.14. The molecule has 1 aromatic carbocycles. The predicted molar refractivity (Wildman–Crippen MR) is 101 cm³/mol. The van der Waals surface area contributed by atoms with E-state index in [4.69, 9.17) is 27.6 Å². The lowest BCUT2D eigenvalue weighted by Gasteiger charge is -2.52. The fourth-order valence-corrected chi connectivity index (χ4v) is 6.43. The van der Waals surface area contributed by atoms with Crippen LogP contribution in [0.25, 0.3) is 11.3 Å². The van der Waals surface area contributed by atoms with Crippen LogP contribution in [0.3, 0.4) is 0 Å². The third-order valence-electron chi connectivity index (χ3n) is 6.75. The Bertz CT molecular complexity index is 756. The number of nitrogens with two attached hydrogens (primary N) is 1. The van der Waals surface area contributed by atoms with Crippen LogP contribution in [0.15, 0.2) is 34.7 Å². The zero-order valence-corrected chi connectivity index (χ0v) is 15.8. The summed E-state index contributed by atoms with van der Waals surface area (Å²) in [7, 11) is 0. The molecule has 2 N–H and O–H groups in total. The maximum Gasteiger partial charge on any atom is 0.158 e. The summed E-state index contributed by atoms with van der Waals surface area (Å²) in [6, 6.07) is 10.5. The van der Waals surface area contributed by atoms with Crippen molar-refractivity contribution in [2.75, 3.05) is 0 Å². The van der Waals surface area contributed by atoms with Gasteiger partial charge in [-0.3, -0.25) is 0 Å². The number of quaternary nitrogens is 1. The summed E-state index contributed by atoms with van der Waals surface area (Å²) in [4.78, 5) is 0. The molecule has 4 bridgehead atoms. The Morgan fingerprint density at radius 2 is 1.64 bits per heavy atom. The lowest BCUT2D eigenvalue weighted by atomic mass is 9.54. The van der Waals surface area contributed by atoms with E-state index in [2.05, 4.69) is 11.4 Å². The van der Waals surface area contributed by atoms with Crippen LogP contribution in [0.2, 0.25) is 10.0 Å². The van der Waals surface area contributed by atoms with Gasteiger partial charge >= 0.3 is 0 Å². The average molecular weight is 377 g/mol. The highest BCUT2D eigenvalue weighted by Crippen LogP contribution is 2.52. The van der Waals surface area contributed by atoms with Crippen LogP contribution in [0.5, 0.6) is 0 Å². The molecule has 132 valence electrons. The SMILES string of the molecule is Clc1ccc(-c2ccc(C[NH2+]C3C4CC5CC(C4)CC3C5)o2)c(Cl)c1. The third kappa shape index (κ3) is 3.03. The van der Waals surface area contributed by atoms with E-state index >= 15 is 0 Å². The van der Waals surface area contributed by atoms with Crippen molar-refractivity contribution >= 4 is 23.2 Å². The normalized spacial score (nSPS) is 33.1. The maximum atomic E-state index is 6.30. The van der Waals surface area contributed by atoms with Crippen LogP contribution < -0.4 is 5.32 Å². The van der Waals surface area contributed by atoms with Crippen LogP contribution in [-0.2, 0) is 6.54 Å². The number of halogens is 2. The summed E-state index contributed by atoms with van der Waals surface area (Å²) in [5, 5.41) is 3.84. The van der Waals surface area contributed by atoms with Gasteiger partial charge in [0.1, 0.15) is 12.3 Å². The van der Waals surface area contributed by atoms with Gasteiger partial charge in [0.25, 0.3) is 0 Å². The quantitative estimate of drug-likeness (QED) is 0.785. The monoisotopic (exact) mass is 376 g/mol. The van der Waals surface area contributed by atoms with Gasteiger partial charge < -0.3 is 9.73 Å². The van der Waals surface area contributed by atoms with E-state index in [1.807, 2.05) is 18.2 Å². The molecule has 6 rings (SSSR count). The highest BCUT2D eigenvalue weighted by molar-refractivity contribution is 6.36. The zero-order chi connectivity index (χ0) is 17.0. The van der Waals surface area contributed by atoms with E-state index in [9.17, 15) is 0 Å². The molecule has 4 heteroatoms. The smallest absolute Gasteiger partial charge is 0.158 e. The topological polar surface area (TPSA) is 29.8 Å². The molecule has 0 unspecified atom stereocenters. The van der Waals surface area contributed by atoms with Crippen LogP contribution in [0.1, 0.15) is 37.9 Å². The van der Waals surface area contributed by atoms with Crippen molar-refractivity contribution in [1.29, 1.82) is 0 Å². The summed E-state index contributed by atoms with van der Waals surface area (Å²) in [5.41, 5.74) is 0.909. The van der Waals surface area contributed by atoms with Crippen molar-refractivity contribution in [2.45, 2.75) is 44.7 Å². The van der Waals surface area contributed by atoms with Crippen molar-refractivity contribution < 1.29 is 9.73 Å². The number of hydrogen-bond donors (Lipinski definition) is 1. The van der Waals surface area contributed by atoms with Crippen molar-refractivity contribution in [2.24, 2.45) is 23.7 Å². The molecule has 4 fully saturated rings. The summed E-state index contributed by atoms with van der Waals surface area (Å²) in [6.07, 6.45) is 7.40. The van der Waals surface area contributed by atoms with Crippen molar-refractivity contribution in [3.63, 3.8) is 0 Å². The average Bonchev–Trinajstić information content (AvgIpc) is 3.02. The van der Waals surface area contributed by atoms with Crippen LogP contribution in [-0.4, -0.2) is 6.04 Å². The van der Waals surface area contributed by atoms with Gasteiger partial charge in [-0.25, -0.2) is 0 Å². The first-order chi connectivity index (χ1) is 12.2. The molecule has 4 aliphatic rings. The van der Waals surface area contributed by atoms with Crippen molar-refractivity contribution in [3.05, 3.63) is 46.1 Å². The Kier molecular flexibility index (Phi) is 4.11. The van der Waals surface area contributed by atoms with Gasteiger partial charge in [-0.05, 0) is 74.3 Å². The lowest BCUT2D eigenvalue weighted by molar-refractivity contribution is -0.724. The van der Waals surface area contributed by atoms with E-state index in [-0.39, 0.29) is 0 Å². The molecule has 2 nitrogen and oxygen atoms in total. The second-order valence-electron chi connectivity index (χ2n) is 8.34. The van der Waals surface area contributed by atoms with Gasteiger partial charge in [0.05, 0.1) is 11.1 Å². The molecule has 1 aromatic heterocycles. The minimum absolute atomic E-state index is 0.637. The van der Waals surface area contributed by atoms with E-state index in [0.717, 1.165) is 53.3 Å². The van der Waals surface area contributed by atoms with E-state index < -0.39 is 0 Å². The third-order valence-corrected chi connectivity index (χ3v) is 7.30. The van der Waals surface area contributed by atoms with Crippen LogP contribution in [0, 0.1) is 23.7 Å².